The lowest BCUT2D eigenvalue weighted by Gasteiger charge is -1.98. The quantitative estimate of drug-likeness (QED) is 0.549. The van der Waals surface area contributed by atoms with E-state index < -0.39 is 0 Å². The average molecular weight is 160 g/mol. The molecule has 0 aliphatic heterocycles. The van der Waals surface area contributed by atoms with Crippen molar-refractivity contribution < 1.29 is 0 Å². The van der Waals surface area contributed by atoms with Crippen LogP contribution < -0.4 is 0 Å². The van der Waals surface area contributed by atoms with Gasteiger partial charge in [-0.25, -0.2) is 0 Å². The van der Waals surface area contributed by atoms with E-state index in [1.165, 1.54) is 5.57 Å². The Morgan fingerprint density at radius 2 is 1.58 bits per heavy atom. The SMILES string of the molecule is C=CC(=C)/C(C=C)=C/C=C(C)C. The van der Waals surface area contributed by atoms with Gasteiger partial charge < -0.3 is 0 Å². The van der Waals surface area contributed by atoms with Crippen molar-refractivity contribution >= 4 is 0 Å². The van der Waals surface area contributed by atoms with Crippen molar-refractivity contribution in [2.45, 2.75) is 13.8 Å². The molecule has 0 aromatic carbocycles. The third-order valence-electron chi connectivity index (χ3n) is 1.43. The van der Waals surface area contributed by atoms with Gasteiger partial charge in [0.15, 0.2) is 0 Å². The molecule has 0 spiro atoms. The van der Waals surface area contributed by atoms with Crippen molar-refractivity contribution in [2.75, 3.05) is 0 Å². The van der Waals surface area contributed by atoms with Crippen LogP contribution in [0.3, 0.4) is 0 Å². The molecule has 0 rings (SSSR count). The molecule has 0 radical (unpaired) electrons. The van der Waals surface area contributed by atoms with Crippen molar-refractivity contribution in [1.82, 2.24) is 0 Å². The molecule has 64 valence electrons. The first-order valence-electron chi connectivity index (χ1n) is 3.91. The minimum absolute atomic E-state index is 0.905. The molecule has 0 heteroatoms. The Morgan fingerprint density at radius 1 is 1.00 bits per heavy atom. The lowest BCUT2D eigenvalue weighted by atomic mass is 10.1. The van der Waals surface area contributed by atoms with Gasteiger partial charge in [0.1, 0.15) is 0 Å². The Kier molecular flexibility index (Phi) is 4.78. The van der Waals surface area contributed by atoms with E-state index in [1.54, 1.807) is 12.2 Å². The van der Waals surface area contributed by atoms with Gasteiger partial charge in [-0.2, -0.15) is 0 Å². The lowest BCUT2D eigenvalue weighted by Crippen LogP contribution is -1.78. The molecule has 0 aromatic heterocycles. The first kappa shape index (κ1) is 10.7. The van der Waals surface area contributed by atoms with Crippen LogP contribution in [-0.4, -0.2) is 0 Å². The van der Waals surface area contributed by atoms with Crippen LogP contribution in [0.2, 0.25) is 0 Å². The smallest absolute Gasteiger partial charge is 0.0196 e. The molecule has 0 saturated heterocycles. The summed E-state index contributed by atoms with van der Waals surface area (Å²) in [6.45, 7) is 15.3. The summed E-state index contributed by atoms with van der Waals surface area (Å²) in [4.78, 5) is 0. The van der Waals surface area contributed by atoms with E-state index in [2.05, 4.69) is 19.7 Å². The fourth-order valence-electron chi connectivity index (χ4n) is 0.680. The molecule has 0 fully saturated rings. The van der Waals surface area contributed by atoms with Crippen LogP contribution in [0.5, 0.6) is 0 Å². The summed E-state index contributed by atoms with van der Waals surface area (Å²) in [6, 6.07) is 0. The molecule has 0 unspecified atom stereocenters. The highest BCUT2D eigenvalue weighted by Gasteiger charge is 1.90. The van der Waals surface area contributed by atoms with Gasteiger partial charge in [0.05, 0.1) is 0 Å². The molecular formula is C12H16. The van der Waals surface area contributed by atoms with Gasteiger partial charge in [-0.3, -0.25) is 0 Å². The number of hydrogen-bond donors (Lipinski definition) is 0. The predicted molar refractivity (Wildman–Crippen MR) is 57.0 cm³/mol. The van der Waals surface area contributed by atoms with Gasteiger partial charge in [0, 0.05) is 0 Å². The fourth-order valence-corrected chi connectivity index (χ4v) is 0.680. The van der Waals surface area contributed by atoms with Crippen molar-refractivity contribution in [3.05, 3.63) is 60.8 Å². The molecular weight excluding hydrogens is 144 g/mol. The third-order valence-corrected chi connectivity index (χ3v) is 1.43. The second-order valence-electron chi connectivity index (χ2n) is 2.80. The predicted octanol–water partition coefficient (Wildman–Crippen LogP) is 3.81. The molecule has 0 amide bonds. The summed E-state index contributed by atoms with van der Waals surface area (Å²) in [5.41, 5.74) is 3.18. The Hall–Kier alpha value is -1.30. The van der Waals surface area contributed by atoms with Crippen molar-refractivity contribution in [3.8, 4) is 0 Å². The molecule has 0 N–H and O–H groups in total. The zero-order valence-electron chi connectivity index (χ0n) is 7.93. The van der Waals surface area contributed by atoms with Crippen LogP contribution in [0.25, 0.3) is 0 Å². The van der Waals surface area contributed by atoms with Crippen LogP contribution in [0.1, 0.15) is 13.8 Å². The number of rotatable bonds is 4. The molecule has 0 atom stereocenters. The minimum Gasteiger partial charge on any atom is -0.0985 e. The molecule has 0 saturated carbocycles. The van der Waals surface area contributed by atoms with Crippen molar-refractivity contribution in [3.63, 3.8) is 0 Å². The molecule has 0 bridgehead atoms. The van der Waals surface area contributed by atoms with Gasteiger partial charge in [0.25, 0.3) is 0 Å². The van der Waals surface area contributed by atoms with E-state index in [4.69, 9.17) is 0 Å². The molecule has 0 aliphatic rings. The van der Waals surface area contributed by atoms with E-state index in [-0.39, 0.29) is 0 Å². The summed E-state index contributed by atoms with van der Waals surface area (Å²) in [6.07, 6.45) is 7.54. The number of allylic oxidation sites excluding steroid dienone is 7. The average Bonchev–Trinajstić information content (AvgIpc) is 2.04. The van der Waals surface area contributed by atoms with Gasteiger partial charge >= 0.3 is 0 Å². The van der Waals surface area contributed by atoms with E-state index >= 15 is 0 Å². The monoisotopic (exact) mass is 160 g/mol. The topological polar surface area (TPSA) is 0 Å². The second kappa shape index (κ2) is 5.36. The minimum atomic E-state index is 0.905. The zero-order chi connectivity index (χ0) is 9.56. The van der Waals surface area contributed by atoms with E-state index in [1.807, 2.05) is 26.0 Å². The Morgan fingerprint density at radius 3 is 1.92 bits per heavy atom. The maximum atomic E-state index is 3.84. The summed E-state index contributed by atoms with van der Waals surface area (Å²) in [5, 5.41) is 0. The molecule has 0 aromatic rings. The maximum Gasteiger partial charge on any atom is -0.0196 e. The lowest BCUT2D eigenvalue weighted by molar-refractivity contribution is 1.39. The van der Waals surface area contributed by atoms with Gasteiger partial charge in [-0.05, 0) is 25.0 Å². The molecule has 0 aliphatic carbocycles. The largest absolute Gasteiger partial charge is 0.0985 e. The van der Waals surface area contributed by atoms with Gasteiger partial charge in [-0.1, -0.05) is 49.6 Å². The van der Waals surface area contributed by atoms with Crippen molar-refractivity contribution in [1.29, 1.82) is 0 Å². The highest BCUT2D eigenvalue weighted by Crippen LogP contribution is 2.10. The van der Waals surface area contributed by atoms with E-state index in [0.717, 1.165) is 11.1 Å². The molecule has 0 nitrogen and oxygen atoms in total. The van der Waals surface area contributed by atoms with E-state index in [0.29, 0.717) is 0 Å². The summed E-state index contributed by atoms with van der Waals surface area (Å²) in [7, 11) is 0. The summed E-state index contributed by atoms with van der Waals surface area (Å²) < 4.78 is 0. The highest BCUT2D eigenvalue weighted by atomic mass is 14.0. The highest BCUT2D eigenvalue weighted by molar-refractivity contribution is 5.45. The maximum absolute atomic E-state index is 3.84. The van der Waals surface area contributed by atoms with Gasteiger partial charge in [-0.15, -0.1) is 0 Å². The first-order chi connectivity index (χ1) is 5.61. The van der Waals surface area contributed by atoms with Gasteiger partial charge in [0.2, 0.25) is 0 Å². The van der Waals surface area contributed by atoms with Crippen LogP contribution in [0.15, 0.2) is 60.8 Å². The fraction of sp³-hybridized carbons (Fsp3) is 0.167. The Labute approximate surface area is 75.3 Å². The molecule has 12 heavy (non-hydrogen) atoms. The van der Waals surface area contributed by atoms with Crippen LogP contribution >= 0.6 is 0 Å². The third kappa shape index (κ3) is 3.77. The van der Waals surface area contributed by atoms with Crippen LogP contribution in [-0.2, 0) is 0 Å². The van der Waals surface area contributed by atoms with Crippen LogP contribution in [0, 0.1) is 0 Å². The summed E-state index contributed by atoms with van der Waals surface area (Å²) in [5.74, 6) is 0. The summed E-state index contributed by atoms with van der Waals surface area (Å²) >= 11 is 0. The van der Waals surface area contributed by atoms with E-state index in [9.17, 15) is 0 Å². The first-order valence-corrected chi connectivity index (χ1v) is 3.91. The Balaban J connectivity index is 4.66. The Bertz CT molecular complexity index is 245. The van der Waals surface area contributed by atoms with Crippen molar-refractivity contribution in [2.24, 2.45) is 0 Å². The normalized spacial score (nSPS) is 10.3. The second-order valence-corrected chi connectivity index (χ2v) is 2.80. The van der Waals surface area contributed by atoms with Crippen LogP contribution in [0.4, 0.5) is 0 Å². The molecule has 0 heterocycles. The zero-order valence-corrected chi connectivity index (χ0v) is 7.93. The number of hydrogen-bond acceptors (Lipinski definition) is 0. The standard InChI is InChI=1S/C12H16/c1-6-11(5)12(7-2)9-8-10(3)4/h6-9H,1-2,5H2,3-4H3/b12-9+.